The predicted molar refractivity (Wildman–Crippen MR) is 282 cm³/mol. The third-order valence-electron chi connectivity index (χ3n) is 10.7. The molecule has 0 aliphatic heterocycles. The van der Waals surface area contributed by atoms with Gasteiger partial charge < -0.3 is 60.7 Å². The summed E-state index contributed by atoms with van der Waals surface area (Å²) in [5.74, 6) is -1.67. The van der Waals surface area contributed by atoms with Crippen LogP contribution in [0.3, 0.4) is 0 Å². The van der Waals surface area contributed by atoms with Crippen LogP contribution >= 0.6 is 0 Å². The molecule has 0 aliphatic rings. The Morgan fingerprint density at radius 1 is 0.458 bits per heavy atom. The van der Waals surface area contributed by atoms with E-state index in [1.165, 1.54) is 36.4 Å². The van der Waals surface area contributed by atoms with Gasteiger partial charge in [-0.25, -0.2) is 0 Å². The van der Waals surface area contributed by atoms with Crippen LogP contribution < -0.4 is 37.6 Å². The molecule has 0 spiro atoms. The first-order chi connectivity index (χ1) is 39.5. The van der Waals surface area contributed by atoms with Gasteiger partial charge in [0.2, 0.25) is 5.91 Å². The van der Waals surface area contributed by atoms with Gasteiger partial charge >= 0.3 is 48.5 Å². The molecule has 0 unspecified atom stereocenters. The number of carbonyl (C=O) groups excluding carboxylic acids is 2. The number of para-hydroxylation sites is 3. The third-order valence-corrected chi connectivity index (χ3v) is 10.7. The van der Waals surface area contributed by atoms with Crippen LogP contribution in [-0.4, -0.2) is 79.8 Å². The van der Waals surface area contributed by atoms with Crippen molar-refractivity contribution in [2.24, 2.45) is 5.73 Å². The molecule has 0 aliphatic carbocycles. The summed E-state index contributed by atoms with van der Waals surface area (Å²) < 4.78 is 135. The van der Waals surface area contributed by atoms with Crippen molar-refractivity contribution >= 4 is 70.0 Å². The van der Waals surface area contributed by atoms with Crippen LogP contribution in [-0.2, 0) is 37.6 Å². The first-order valence-electron chi connectivity index (χ1n) is 24.0. The van der Waals surface area contributed by atoms with E-state index in [4.69, 9.17) is 28.8 Å². The van der Waals surface area contributed by atoms with E-state index in [9.17, 15) is 53.9 Å². The van der Waals surface area contributed by atoms with Crippen LogP contribution in [0.15, 0.2) is 159 Å². The minimum absolute atomic E-state index is 0.0214. The first kappa shape index (κ1) is 60.0. The van der Waals surface area contributed by atoms with Gasteiger partial charge in [0.05, 0.1) is 63.6 Å². The normalized spacial score (nSPS) is 11.2. The molecule has 83 heavy (non-hydrogen) atoms. The molecule has 9 N–H and O–H groups in total. The molecule has 0 saturated carbocycles. The van der Waals surface area contributed by atoms with Crippen molar-refractivity contribution in [2.75, 3.05) is 58.1 Å². The lowest BCUT2D eigenvalue weighted by molar-refractivity contribution is -0.141. The second kappa shape index (κ2) is 27.0. The summed E-state index contributed by atoms with van der Waals surface area (Å²) in [4.78, 5) is 32.7. The third kappa shape index (κ3) is 17.7. The van der Waals surface area contributed by atoms with Crippen molar-refractivity contribution in [2.45, 2.75) is 25.5 Å². The molecular weight excluding hydrogens is 1120 g/mol. The fraction of sp³-hybridized carbons (Fsp3) is 0.151. The fourth-order valence-corrected chi connectivity index (χ4v) is 6.91. The SMILES string of the molecule is CCOC(=O)CNc1nnc(-c2ccccc2Nc2ccc(C(F)(F)F)cc2)o1.NC(=O)CNc1nnc(-c2ccccc2Nc2ccc(C(F)(F)F)cc2)o1.O=C(O)CNc1nnc(-c2ccccc2Nc2ccc(C(F)(F)F)cc2)o1. The molecule has 0 saturated heterocycles. The summed E-state index contributed by atoms with van der Waals surface area (Å²) in [7, 11) is 0. The Morgan fingerprint density at radius 3 is 1.05 bits per heavy atom. The molecule has 30 heteroatoms. The fourth-order valence-electron chi connectivity index (χ4n) is 6.91. The van der Waals surface area contributed by atoms with E-state index in [2.05, 4.69) is 62.5 Å². The quantitative estimate of drug-likeness (QED) is 0.0276. The number of primary amides is 1. The number of rotatable bonds is 19. The monoisotopic (exact) mass is 1160 g/mol. The molecule has 6 aromatic carbocycles. The van der Waals surface area contributed by atoms with Crippen LogP contribution in [0.4, 0.5) is 91.7 Å². The van der Waals surface area contributed by atoms with Gasteiger partial charge in [0.1, 0.15) is 13.1 Å². The number of carboxylic acid groups (broad SMARTS) is 1. The number of ether oxygens (including phenoxy) is 1. The number of amides is 1. The van der Waals surface area contributed by atoms with Gasteiger partial charge in [0, 0.05) is 17.1 Å². The molecule has 3 aromatic heterocycles. The summed E-state index contributed by atoms with van der Waals surface area (Å²) in [5.41, 5.74) is 7.44. The van der Waals surface area contributed by atoms with Crippen molar-refractivity contribution < 1.29 is 77.0 Å². The number of nitrogens with two attached hydrogens (primary N) is 1. The summed E-state index contributed by atoms with van der Waals surface area (Å²) >= 11 is 0. The van der Waals surface area contributed by atoms with E-state index in [0.717, 1.165) is 36.4 Å². The van der Waals surface area contributed by atoms with Gasteiger partial charge in [-0.3, -0.25) is 14.4 Å². The van der Waals surface area contributed by atoms with Gasteiger partial charge in [-0.15, -0.1) is 15.3 Å². The van der Waals surface area contributed by atoms with E-state index >= 15 is 0 Å². The van der Waals surface area contributed by atoms with Crippen molar-refractivity contribution in [3.05, 3.63) is 162 Å². The molecule has 9 rings (SSSR count). The number of hydrogen-bond acceptors (Lipinski definition) is 19. The van der Waals surface area contributed by atoms with Crippen LogP contribution in [0, 0.1) is 0 Å². The number of nitrogens with zero attached hydrogens (tertiary/aromatic N) is 6. The van der Waals surface area contributed by atoms with E-state index in [1.807, 2.05) is 0 Å². The average Bonchev–Trinajstić information content (AvgIpc) is 4.31. The van der Waals surface area contributed by atoms with Gasteiger partial charge in [0.15, 0.2) is 0 Å². The number of aliphatic carboxylic acids is 1. The first-order valence-corrected chi connectivity index (χ1v) is 24.0. The van der Waals surface area contributed by atoms with Crippen molar-refractivity contribution in [3.63, 3.8) is 0 Å². The second-order valence-corrected chi connectivity index (χ2v) is 16.7. The summed E-state index contributed by atoms with van der Waals surface area (Å²) in [6, 6.07) is 34.6. The number of anilines is 9. The lowest BCUT2D eigenvalue weighted by Crippen LogP contribution is -2.21. The Kier molecular flexibility index (Phi) is 19.5. The van der Waals surface area contributed by atoms with Gasteiger partial charge in [-0.05, 0) is 116 Å². The molecule has 0 bridgehead atoms. The highest BCUT2D eigenvalue weighted by Crippen LogP contribution is 2.37. The average molecular weight is 1160 g/mol. The smallest absolute Gasteiger partial charge is 0.416 e. The van der Waals surface area contributed by atoms with Crippen molar-refractivity contribution in [1.82, 2.24) is 30.6 Å². The van der Waals surface area contributed by atoms with Crippen LogP contribution in [0.2, 0.25) is 0 Å². The molecular formula is C53H44F9N13O8. The topological polar surface area (TPSA) is 296 Å². The Labute approximate surface area is 462 Å². The predicted octanol–water partition coefficient (Wildman–Crippen LogP) is 11.9. The van der Waals surface area contributed by atoms with E-state index in [0.29, 0.717) is 50.8 Å². The number of halogens is 9. The van der Waals surface area contributed by atoms with Gasteiger partial charge in [0.25, 0.3) is 17.7 Å². The standard InChI is InChI=1S/C19H17F3N4O3.C17H14F3N5O2.C17H13F3N4O3/c1-2-28-16(27)11-23-18-26-25-17(29-18)14-5-3-4-6-15(14)24-13-9-7-12(8-10-13)19(20,21)22;18-17(19,20)10-5-7-11(8-6-10)23-13-4-2-1-3-12(13)15-24-25-16(27-15)22-9-14(21)26;18-17(19,20)10-5-7-11(8-6-10)22-13-4-2-1-3-12(13)15-23-24-16(27-15)21-9-14(25)26/h3-10,24H,2,11H2,1H3,(H,23,26);1-8,23H,9H2,(H2,21,26)(H,22,25);1-8,22H,9H2,(H,21,24)(H,25,26). The van der Waals surface area contributed by atoms with Crippen LogP contribution in [0.1, 0.15) is 23.6 Å². The van der Waals surface area contributed by atoms with E-state index < -0.39 is 53.1 Å². The Hall–Kier alpha value is -10.7. The number of benzene rings is 6. The largest absolute Gasteiger partial charge is 0.480 e. The Balaban J connectivity index is 0.000000179. The highest BCUT2D eigenvalue weighted by atomic mass is 19.4. The lowest BCUT2D eigenvalue weighted by Gasteiger charge is -2.11. The Bertz CT molecular complexity index is 3440. The lowest BCUT2D eigenvalue weighted by atomic mass is 10.1. The van der Waals surface area contributed by atoms with E-state index in [-0.39, 0.29) is 62.0 Å². The van der Waals surface area contributed by atoms with Crippen molar-refractivity contribution in [1.29, 1.82) is 0 Å². The zero-order valence-corrected chi connectivity index (χ0v) is 42.7. The summed E-state index contributed by atoms with van der Waals surface area (Å²) in [6.07, 6.45) is -13.2. The number of aromatic nitrogens is 6. The molecule has 0 fully saturated rings. The number of esters is 1. The highest BCUT2D eigenvalue weighted by molar-refractivity contribution is 5.81. The number of carboxylic acids is 1. The van der Waals surface area contributed by atoms with E-state index in [1.54, 1.807) is 79.7 Å². The van der Waals surface area contributed by atoms with Gasteiger partial charge in [-0.1, -0.05) is 51.7 Å². The zero-order chi connectivity index (χ0) is 59.7. The molecule has 432 valence electrons. The number of alkyl halides is 9. The summed E-state index contributed by atoms with van der Waals surface area (Å²) in [6.45, 7) is 1.29. The maximum atomic E-state index is 12.7. The molecule has 21 nitrogen and oxygen atoms in total. The summed E-state index contributed by atoms with van der Waals surface area (Å²) in [5, 5.41) is 48.4. The number of hydrogen-bond donors (Lipinski definition) is 8. The maximum absolute atomic E-state index is 12.7. The Morgan fingerprint density at radius 2 is 0.759 bits per heavy atom. The van der Waals surface area contributed by atoms with Gasteiger partial charge in [-0.2, -0.15) is 39.5 Å². The second-order valence-electron chi connectivity index (χ2n) is 16.7. The molecule has 3 heterocycles. The maximum Gasteiger partial charge on any atom is 0.416 e. The molecule has 0 radical (unpaired) electrons. The zero-order valence-electron chi connectivity index (χ0n) is 42.7. The minimum Gasteiger partial charge on any atom is -0.480 e. The highest BCUT2D eigenvalue weighted by Gasteiger charge is 2.32. The van der Waals surface area contributed by atoms with Crippen molar-refractivity contribution in [3.8, 4) is 34.4 Å². The van der Waals surface area contributed by atoms with Crippen LogP contribution in [0.5, 0.6) is 0 Å². The molecule has 1 amide bonds. The number of carbonyl (C=O) groups is 3. The molecule has 0 atom stereocenters. The molecule has 9 aromatic rings. The minimum atomic E-state index is -4.40. The van der Waals surface area contributed by atoms with Crippen LogP contribution in [0.25, 0.3) is 34.4 Å². The number of nitrogens with one attached hydrogen (secondary N) is 6.